The van der Waals surface area contributed by atoms with Gasteiger partial charge < -0.3 is 19.9 Å². The van der Waals surface area contributed by atoms with Crippen molar-refractivity contribution in [3.63, 3.8) is 0 Å². The fourth-order valence-electron chi connectivity index (χ4n) is 2.46. The molecule has 2 aromatic rings. The molecule has 7 nitrogen and oxygen atoms in total. The topological polar surface area (TPSA) is 81.1 Å². The molecule has 1 aromatic heterocycles. The van der Waals surface area contributed by atoms with E-state index in [1.807, 2.05) is 45.2 Å². The van der Waals surface area contributed by atoms with Gasteiger partial charge in [0, 0.05) is 13.1 Å². The molecule has 2 rings (SSSR count). The number of benzene rings is 1. The van der Waals surface area contributed by atoms with Gasteiger partial charge in [-0.3, -0.25) is 0 Å². The number of methoxy groups -OCH3 is 1. The van der Waals surface area contributed by atoms with Gasteiger partial charge in [-0.15, -0.1) is 10.2 Å². The van der Waals surface area contributed by atoms with Crippen molar-refractivity contribution in [2.45, 2.75) is 38.8 Å². The second-order valence-corrected chi connectivity index (χ2v) is 5.93. The standard InChI is InChI=1S/C17H25N5O2/c1-12(5-6-14-7-9-15(24-4)10-8-14)19-17(23)20-13(2)16-21-18-11-22(16)3/h7-13H,5-6H2,1-4H3,(H2,19,20,23)/t12-,13+/m1/s1. The molecule has 0 saturated heterocycles. The number of nitrogens with zero attached hydrogens (tertiary/aromatic N) is 3. The number of nitrogens with one attached hydrogen (secondary N) is 2. The number of hydrogen-bond acceptors (Lipinski definition) is 4. The number of amides is 2. The molecule has 2 amide bonds. The fraction of sp³-hybridized carbons (Fsp3) is 0.471. The summed E-state index contributed by atoms with van der Waals surface area (Å²) in [4.78, 5) is 12.1. The molecule has 0 radical (unpaired) electrons. The molecule has 0 spiro atoms. The molecular formula is C17H25N5O2. The van der Waals surface area contributed by atoms with E-state index < -0.39 is 0 Å². The number of rotatable bonds is 7. The summed E-state index contributed by atoms with van der Waals surface area (Å²) in [6, 6.07) is 7.65. The van der Waals surface area contributed by atoms with Crippen LogP contribution in [0.25, 0.3) is 0 Å². The number of hydrogen-bond donors (Lipinski definition) is 2. The molecule has 1 aromatic carbocycles. The van der Waals surface area contributed by atoms with E-state index in [0.717, 1.165) is 24.4 Å². The molecule has 2 atom stereocenters. The molecule has 2 N–H and O–H groups in total. The monoisotopic (exact) mass is 331 g/mol. The Morgan fingerprint density at radius 2 is 1.96 bits per heavy atom. The Morgan fingerprint density at radius 1 is 1.25 bits per heavy atom. The highest BCUT2D eigenvalue weighted by Crippen LogP contribution is 2.13. The first-order valence-electron chi connectivity index (χ1n) is 8.03. The summed E-state index contributed by atoms with van der Waals surface area (Å²) in [6.07, 6.45) is 3.37. The maximum Gasteiger partial charge on any atom is 0.315 e. The molecule has 24 heavy (non-hydrogen) atoms. The van der Waals surface area contributed by atoms with E-state index in [2.05, 4.69) is 20.8 Å². The normalized spacial score (nSPS) is 13.2. The first-order chi connectivity index (χ1) is 11.5. The van der Waals surface area contributed by atoms with Gasteiger partial charge in [0.1, 0.15) is 12.1 Å². The van der Waals surface area contributed by atoms with E-state index >= 15 is 0 Å². The lowest BCUT2D eigenvalue weighted by Crippen LogP contribution is -2.42. The van der Waals surface area contributed by atoms with Crippen LogP contribution in [0.15, 0.2) is 30.6 Å². The van der Waals surface area contributed by atoms with E-state index in [1.54, 1.807) is 18.0 Å². The van der Waals surface area contributed by atoms with Gasteiger partial charge in [-0.25, -0.2) is 4.79 Å². The van der Waals surface area contributed by atoms with Crippen LogP contribution in [-0.4, -0.2) is 33.9 Å². The number of urea groups is 1. The summed E-state index contributed by atoms with van der Waals surface area (Å²) in [6.45, 7) is 3.88. The van der Waals surface area contributed by atoms with Gasteiger partial charge in [0.05, 0.1) is 13.2 Å². The fourth-order valence-corrected chi connectivity index (χ4v) is 2.46. The lowest BCUT2D eigenvalue weighted by Gasteiger charge is -2.18. The summed E-state index contributed by atoms with van der Waals surface area (Å²) in [5, 5.41) is 13.6. The third kappa shape index (κ3) is 4.97. The molecule has 130 valence electrons. The Hall–Kier alpha value is -2.57. The van der Waals surface area contributed by atoms with Crippen molar-refractivity contribution in [2.24, 2.45) is 7.05 Å². The number of ether oxygens (including phenoxy) is 1. The van der Waals surface area contributed by atoms with Crippen LogP contribution in [0.2, 0.25) is 0 Å². The lowest BCUT2D eigenvalue weighted by atomic mass is 10.1. The summed E-state index contributed by atoms with van der Waals surface area (Å²) >= 11 is 0. The Morgan fingerprint density at radius 3 is 2.54 bits per heavy atom. The predicted molar refractivity (Wildman–Crippen MR) is 91.9 cm³/mol. The van der Waals surface area contributed by atoms with Crippen LogP contribution in [-0.2, 0) is 13.5 Å². The molecule has 0 bridgehead atoms. The summed E-state index contributed by atoms with van der Waals surface area (Å²) in [7, 11) is 3.50. The maximum atomic E-state index is 12.1. The zero-order chi connectivity index (χ0) is 17.5. The van der Waals surface area contributed by atoms with Crippen LogP contribution in [0.4, 0.5) is 4.79 Å². The zero-order valence-corrected chi connectivity index (χ0v) is 14.6. The van der Waals surface area contributed by atoms with Gasteiger partial charge >= 0.3 is 6.03 Å². The molecule has 7 heteroatoms. The zero-order valence-electron chi connectivity index (χ0n) is 14.6. The number of aromatic nitrogens is 3. The third-order valence-corrected chi connectivity index (χ3v) is 3.88. The average molecular weight is 331 g/mol. The van der Waals surface area contributed by atoms with Crippen LogP contribution in [0.3, 0.4) is 0 Å². The van der Waals surface area contributed by atoms with Gasteiger partial charge in [0.25, 0.3) is 0 Å². The molecular weight excluding hydrogens is 306 g/mol. The predicted octanol–water partition coefficient (Wildman–Crippen LogP) is 2.21. The second kappa shape index (κ2) is 8.33. The minimum absolute atomic E-state index is 0.0683. The Balaban J connectivity index is 1.75. The smallest absolute Gasteiger partial charge is 0.315 e. The van der Waals surface area contributed by atoms with Gasteiger partial charge in [-0.1, -0.05) is 12.1 Å². The molecule has 0 saturated carbocycles. The van der Waals surface area contributed by atoms with Crippen molar-refractivity contribution in [1.29, 1.82) is 0 Å². The van der Waals surface area contributed by atoms with Crippen LogP contribution >= 0.6 is 0 Å². The quantitative estimate of drug-likeness (QED) is 0.815. The van der Waals surface area contributed by atoms with Gasteiger partial charge in [-0.2, -0.15) is 0 Å². The highest BCUT2D eigenvalue weighted by Gasteiger charge is 2.15. The van der Waals surface area contributed by atoms with E-state index in [-0.39, 0.29) is 18.1 Å². The minimum atomic E-state index is -0.203. The van der Waals surface area contributed by atoms with Crippen molar-refractivity contribution in [1.82, 2.24) is 25.4 Å². The van der Waals surface area contributed by atoms with Crippen molar-refractivity contribution in [2.75, 3.05) is 7.11 Å². The maximum absolute atomic E-state index is 12.1. The molecule has 0 aliphatic carbocycles. The van der Waals surface area contributed by atoms with E-state index in [9.17, 15) is 4.79 Å². The van der Waals surface area contributed by atoms with Gasteiger partial charge in [0.15, 0.2) is 5.82 Å². The molecule has 0 aliphatic rings. The average Bonchev–Trinajstić information content (AvgIpc) is 2.99. The first-order valence-corrected chi connectivity index (χ1v) is 8.03. The molecule has 0 fully saturated rings. The first kappa shape index (κ1) is 17.8. The lowest BCUT2D eigenvalue weighted by molar-refractivity contribution is 0.233. The van der Waals surface area contributed by atoms with E-state index in [0.29, 0.717) is 0 Å². The van der Waals surface area contributed by atoms with E-state index in [1.165, 1.54) is 5.56 Å². The largest absolute Gasteiger partial charge is 0.497 e. The SMILES string of the molecule is COc1ccc(CC[C@@H](C)NC(=O)N[C@@H](C)c2nncn2C)cc1. The Labute approximate surface area is 142 Å². The number of carbonyl (C=O) groups is 1. The molecule has 1 heterocycles. The van der Waals surface area contributed by atoms with Crippen molar-refractivity contribution >= 4 is 6.03 Å². The molecule has 0 aliphatic heterocycles. The summed E-state index contributed by atoms with van der Waals surface area (Å²) in [5.41, 5.74) is 1.22. The second-order valence-electron chi connectivity index (χ2n) is 5.93. The third-order valence-electron chi connectivity index (χ3n) is 3.88. The van der Waals surface area contributed by atoms with Gasteiger partial charge in [-0.05, 0) is 44.4 Å². The molecule has 0 unspecified atom stereocenters. The van der Waals surface area contributed by atoms with Crippen LogP contribution in [0, 0.1) is 0 Å². The van der Waals surface area contributed by atoms with Crippen molar-refractivity contribution in [3.8, 4) is 5.75 Å². The van der Waals surface area contributed by atoms with Crippen molar-refractivity contribution in [3.05, 3.63) is 42.0 Å². The summed E-state index contributed by atoms with van der Waals surface area (Å²) < 4.78 is 6.94. The minimum Gasteiger partial charge on any atom is -0.497 e. The van der Waals surface area contributed by atoms with Crippen LogP contribution < -0.4 is 15.4 Å². The Bertz CT molecular complexity index is 653. The van der Waals surface area contributed by atoms with Crippen LogP contribution in [0.5, 0.6) is 5.75 Å². The number of aryl methyl sites for hydroxylation is 2. The highest BCUT2D eigenvalue weighted by molar-refractivity contribution is 5.74. The Kier molecular flexibility index (Phi) is 6.17. The van der Waals surface area contributed by atoms with E-state index in [4.69, 9.17) is 4.74 Å². The highest BCUT2D eigenvalue weighted by atomic mass is 16.5. The number of carbonyl (C=O) groups excluding carboxylic acids is 1. The summed E-state index contributed by atoms with van der Waals surface area (Å²) in [5.74, 6) is 1.57. The van der Waals surface area contributed by atoms with Crippen LogP contribution in [0.1, 0.15) is 37.7 Å². The van der Waals surface area contributed by atoms with Gasteiger partial charge in [0.2, 0.25) is 0 Å². The van der Waals surface area contributed by atoms with Crippen molar-refractivity contribution < 1.29 is 9.53 Å².